The number of hydrogen-bond acceptors (Lipinski definition) is 3. The lowest BCUT2D eigenvalue weighted by Gasteiger charge is -2.06. The number of para-hydroxylation sites is 1. The van der Waals surface area contributed by atoms with Crippen molar-refractivity contribution < 1.29 is 4.79 Å². The van der Waals surface area contributed by atoms with Gasteiger partial charge in [0, 0.05) is 31.8 Å². The number of amides is 1. The molecule has 1 aromatic carbocycles. The largest absolute Gasteiger partial charge is 0.353 e. The zero-order valence-corrected chi connectivity index (χ0v) is 12.9. The molecular formula is C17H18N4O2. The molecule has 6 heteroatoms. The predicted octanol–water partition coefficient (Wildman–Crippen LogP) is 1.51. The zero-order valence-electron chi connectivity index (χ0n) is 12.9. The van der Waals surface area contributed by atoms with E-state index in [0.29, 0.717) is 29.7 Å². The standard InChI is InChI=1S/C17H18N4O2/c1-21-10-4-5-12(21)11-18-16(22)9-8-15-19-14-7-3-2-6-13(14)17(23)20-15/h2-7,10H,8-9,11H2,1H3,(H,18,22)(H,19,20,23). The van der Waals surface area contributed by atoms with E-state index in [1.165, 1.54) is 0 Å². The van der Waals surface area contributed by atoms with E-state index in [1.54, 1.807) is 18.2 Å². The van der Waals surface area contributed by atoms with Gasteiger partial charge in [0.1, 0.15) is 5.82 Å². The molecule has 0 aliphatic heterocycles. The highest BCUT2D eigenvalue weighted by atomic mass is 16.1. The van der Waals surface area contributed by atoms with E-state index in [1.807, 2.05) is 36.0 Å². The van der Waals surface area contributed by atoms with Crippen LogP contribution < -0.4 is 10.9 Å². The molecule has 1 amide bonds. The summed E-state index contributed by atoms with van der Waals surface area (Å²) in [5.41, 5.74) is 1.51. The molecule has 0 saturated carbocycles. The molecule has 0 saturated heterocycles. The fraction of sp³-hybridized carbons (Fsp3) is 0.235. The third-order valence-corrected chi connectivity index (χ3v) is 3.77. The van der Waals surface area contributed by atoms with Crippen molar-refractivity contribution in [2.75, 3.05) is 0 Å². The van der Waals surface area contributed by atoms with Gasteiger partial charge in [-0.05, 0) is 24.3 Å². The van der Waals surface area contributed by atoms with Crippen LogP contribution >= 0.6 is 0 Å². The molecule has 6 nitrogen and oxygen atoms in total. The maximum absolute atomic E-state index is 12.0. The van der Waals surface area contributed by atoms with Crippen LogP contribution in [0.5, 0.6) is 0 Å². The van der Waals surface area contributed by atoms with Crippen molar-refractivity contribution in [3.05, 3.63) is 64.5 Å². The molecule has 2 heterocycles. The number of carbonyl (C=O) groups excluding carboxylic acids is 1. The fourth-order valence-electron chi connectivity index (χ4n) is 2.44. The molecule has 0 fully saturated rings. The van der Waals surface area contributed by atoms with Gasteiger partial charge in [-0.3, -0.25) is 9.59 Å². The highest BCUT2D eigenvalue weighted by Crippen LogP contribution is 2.06. The van der Waals surface area contributed by atoms with Gasteiger partial charge in [-0.25, -0.2) is 4.98 Å². The predicted molar refractivity (Wildman–Crippen MR) is 87.9 cm³/mol. The number of aromatic amines is 1. The number of nitrogens with zero attached hydrogens (tertiary/aromatic N) is 2. The Kier molecular flexibility index (Phi) is 4.23. The van der Waals surface area contributed by atoms with Crippen LogP contribution in [0.25, 0.3) is 10.9 Å². The van der Waals surface area contributed by atoms with Crippen LogP contribution in [0.2, 0.25) is 0 Å². The summed E-state index contributed by atoms with van der Waals surface area (Å²) >= 11 is 0. The lowest BCUT2D eigenvalue weighted by Crippen LogP contribution is -2.24. The molecule has 118 valence electrons. The van der Waals surface area contributed by atoms with Gasteiger partial charge < -0.3 is 14.9 Å². The Bertz CT molecular complexity index is 895. The Morgan fingerprint density at radius 1 is 1.26 bits per heavy atom. The molecule has 3 aromatic rings. The molecule has 0 bridgehead atoms. The zero-order chi connectivity index (χ0) is 16.2. The highest BCUT2D eigenvalue weighted by Gasteiger charge is 2.07. The number of benzene rings is 1. The third-order valence-electron chi connectivity index (χ3n) is 3.77. The Morgan fingerprint density at radius 2 is 2.09 bits per heavy atom. The van der Waals surface area contributed by atoms with Crippen LogP contribution in [-0.2, 0) is 24.8 Å². The van der Waals surface area contributed by atoms with Crippen LogP contribution in [0.15, 0.2) is 47.4 Å². The van der Waals surface area contributed by atoms with Crippen LogP contribution in [0, 0.1) is 0 Å². The normalized spacial score (nSPS) is 10.8. The van der Waals surface area contributed by atoms with Gasteiger partial charge in [-0.1, -0.05) is 12.1 Å². The number of hydrogen-bond donors (Lipinski definition) is 2. The van der Waals surface area contributed by atoms with Crippen molar-refractivity contribution >= 4 is 16.8 Å². The first-order valence-corrected chi connectivity index (χ1v) is 7.48. The van der Waals surface area contributed by atoms with E-state index in [-0.39, 0.29) is 17.9 Å². The first-order chi connectivity index (χ1) is 11.1. The third kappa shape index (κ3) is 3.48. The second-order valence-electron chi connectivity index (χ2n) is 5.42. The maximum Gasteiger partial charge on any atom is 0.258 e. The maximum atomic E-state index is 12.0. The van der Waals surface area contributed by atoms with Gasteiger partial charge in [-0.2, -0.15) is 0 Å². The number of fused-ring (bicyclic) bond motifs is 1. The number of aromatic nitrogens is 3. The molecular weight excluding hydrogens is 292 g/mol. The first-order valence-electron chi connectivity index (χ1n) is 7.48. The molecule has 2 N–H and O–H groups in total. The van der Waals surface area contributed by atoms with Crippen LogP contribution in [0.4, 0.5) is 0 Å². The van der Waals surface area contributed by atoms with Gasteiger partial charge in [0.15, 0.2) is 0 Å². The quantitative estimate of drug-likeness (QED) is 0.749. The minimum atomic E-state index is -0.171. The molecule has 0 atom stereocenters. The molecule has 0 aliphatic rings. The van der Waals surface area contributed by atoms with E-state index in [0.717, 1.165) is 5.69 Å². The second-order valence-corrected chi connectivity index (χ2v) is 5.42. The summed E-state index contributed by atoms with van der Waals surface area (Å²) < 4.78 is 1.96. The number of H-pyrrole nitrogens is 1. The molecule has 0 aliphatic carbocycles. The SMILES string of the molecule is Cn1cccc1CNC(=O)CCc1nc2ccccc2c(=O)[nH]1. The Balaban J connectivity index is 1.61. The fourth-order valence-corrected chi connectivity index (χ4v) is 2.44. The number of carbonyl (C=O) groups is 1. The molecule has 23 heavy (non-hydrogen) atoms. The summed E-state index contributed by atoms with van der Waals surface area (Å²) in [4.78, 5) is 31.0. The summed E-state index contributed by atoms with van der Waals surface area (Å²) in [7, 11) is 1.94. The number of nitrogens with one attached hydrogen (secondary N) is 2. The van der Waals surface area contributed by atoms with Crippen molar-refractivity contribution in [2.24, 2.45) is 7.05 Å². The number of rotatable bonds is 5. The van der Waals surface area contributed by atoms with E-state index >= 15 is 0 Å². The molecule has 0 radical (unpaired) electrons. The average molecular weight is 310 g/mol. The Hall–Kier alpha value is -2.89. The lowest BCUT2D eigenvalue weighted by molar-refractivity contribution is -0.121. The van der Waals surface area contributed by atoms with Gasteiger partial charge in [0.05, 0.1) is 17.4 Å². The van der Waals surface area contributed by atoms with E-state index in [4.69, 9.17) is 0 Å². The topological polar surface area (TPSA) is 79.8 Å². The summed E-state index contributed by atoms with van der Waals surface area (Å²) in [5, 5.41) is 3.43. The smallest absolute Gasteiger partial charge is 0.258 e. The van der Waals surface area contributed by atoms with Gasteiger partial charge in [0.25, 0.3) is 5.56 Å². The van der Waals surface area contributed by atoms with Crippen molar-refractivity contribution in [3.8, 4) is 0 Å². The van der Waals surface area contributed by atoms with Crippen LogP contribution in [0.3, 0.4) is 0 Å². The average Bonchev–Trinajstić information content (AvgIpc) is 2.96. The van der Waals surface area contributed by atoms with Crippen molar-refractivity contribution in [1.29, 1.82) is 0 Å². The van der Waals surface area contributed by atoms with Crippen molar-refractivity contribution in [1.82, 2.24) is 19.9 Å². The summed E-state index contributed by atoms with van der Waals surface area (Å²) in [6.07, 6.45) is 2.62. The highest BCUT2D eigenvalue weighted by molar-refractivity contribution is 5.78. The monoisotopic (exact) mass is 310 g/mol. The summed E-state index contributed by atoms with van der Waals surface area (Å²) in [5.74, 6) is 0.463. The van der Waals surface area contributed by atoms with Gasteiger partial charge >= 0.3 is 0 Å². The number of aryl methyl sites for hydroxylation is 2. The minimum absolute atomic E-state index is 0.0676. The molecule has 0 unspecified atom stereocenters. The Labute approximate surface area is 133 Å². The van der Waals surface area contributed by atoms with Gasteiger partial charge in [-0.15, -0.1) is 0 Å². The second kappa shape index (κ2) is 6.48. The summed E-state index contributed by atoms with van der Waals surface area (Å²) in [6.45, 7) is 0.490. The minimum Gasteiger partial charge on any atom is -0.353 e. The molecule has 2 aromatic heterocycles. The Morgan fingerprint density at radius 3 is 2.87 bits per heavy atom. The van der Waals surface area contributed by atoms with E-state index in [2.05, 4.69) is 15.3 Å². The molecule has 0 spiro atoms. The van der Waals surface area contributed by atoms with Crippen LogP contribution in [-0.4, -0.2) is 20.4 Å². The van der Waals surface area contributed by atoms with Crippen molar-refractivity contribution in [3.63, 3.8) is 0 Å². The lowest BCUT2D eigenvalue weighted by atomic mass is 10.2. The summed E-state index contributed by atoms with van der Waals surface area (Å²) in [6, 6.07) is 11.1. The van der Waals surface area contributed by atoms with Crippen LogP contribution in [0.1, 0.15) is 17.9 Å². The van der Waals surface area contributed by atoms with E-state index < -0.39 is 0 Å². The van der Waals surface area contributed by atoms with Gasteiger partial charge in [0.2, 0.25) is 5.91 Å². The van der Waals surface area contributed by atoms with Crippen molar-refractivity contribution in [2.45, 2.75) is 19.4 Å². The van der Waals surface area contributed by atoms with E-state index in [9.17, 15) is 9.59 Å². The first kappa shape index (κ1) is 15.0. The molecule has 3 rings (SSSR count).